The molecule has 0 aromatic carbocycles. The van der Waals surface area contributed by atoms with E-state index in [1.54, 1.807) is 17.9 Å². The number of aromatic nitrogens is 1. The molecule has 1 aromatic rings. The molecule has 2 aliphatic heterocycles. The van der Waals surface area contributed by atoms with E-state index in [0.717, 1.165) is 57.9 Å². The summed E-state index contributed by atoms with van der Waals surface area (Å²) in [7, 11) is 0. The number of piperidine rings is 1. The van der Waals surface area contributed by atoms with Gasteiger partial charge in [-0.05, 0) is 89.5 Å². The van der Waals surface area contributed by atoms with Crippen LogP contribution in [-0.4, -0.2) is 83.7 Å². The molecule has 210 valence electrons. The summed E-state index contributed by atoms with van der Waals surface area (Å²) in [6.07, 6.45) is 9.03. The van der Waals surface area contributed by atoms with Gasteiger partial charge in [0.15, 0.2) is 5.69 Å². The molecule has 2 unspecified atom stereocenters. The van der Waals surface area contributed by atoms with Crippen molar-refractivity contribution in [2.24, 2.45) is 23.5 Å². The zero-order valence-electron chi connectivity index (χ0n) is 22.6. The van der Waals surface area contributed by atoms with Crippen LogP contribution in [0.1, 0.15) is 80.5 Å². The lowest BCUT2D eigenvalue weighted by molar-refractivity contribution is -0.144. The van der Waals surface area contributed by atoms with Gasteiger partial charge in [0.25, 0.3) is 5.91 Å². The number of nitrogens with zero attached hydrogens (tertiary/aromatic N) is 3. The fourth-order valence-electron chi connectivity index (χ4n) is 6.36. The minimum atomic E-state index is -0.582. The predicted octanol–water partition coefficient (Wildman–Crippen LogP) is 2.26. The predicted molar refractivity (Wildman–Crippen MR) is 140 cm³/mol. The number of ether oxygens (including phenoxy) is 1. The molecule has 38 heavy (non-hydrogen) atoms. The molecule has 2 aliphatic carbocycles. The number of rotatable bonds is 9. The van der Waals surface area contributed by atoms with Gasteiger partial charge in [-0.2, -0.15) is 0 Å². The maximum Gasteiger partial charge on any atom is 0.276 e. The molecule has 0 spiro atoms. The van der Waals surface area contributed by atoms with Gasteiger partial charge < -0.3 is 30.1 Å². The van der Waals surface area contributed by atoms with Gasteiger partial charge in [-0.15, -0.1) is 0 Å². The molecule has 3 heterocycles. The second kappa shape index (κ2) is 12.2. The third-order valence-electron chi connectivity index (χ3n) is 8.92. The van der Waals surface area contributed by atoms with Gasteiger partial charge in [-0.25, -0.2) is 0 Å². The van der Waals surface area contributed by atoms with Gasteiger partial charge in [0.2, 0.25) is 11.8 Å². The number of nitrogens with one attached hydrogen (secondary N) is 1. The van der Waals surface area contributed by atoms with Crippen molar-refractivity contribution in [2.75, 3.05) is 32.8 Å². The SMILES string of the molecule is Cc1cc(C(=O)N(CC2CCCO2)C2CCN(C(=O)C3CC3)[C@@H](C(=O)NCC3CCC(CN)CC3)C2)no1. The van der Waals surface area contributed by atoms with E-state index in [-0.39, 0.29) is 41.5 Å². The average Bonchev–Trinajstić information content (AvgIpc) is 3.49. The highest BCUT2D eigenvalue weighted by Crippen LogP contribution is 2.35. The summed E-state index contributed by atoms with van der Waals surface area (Å²) >= 11 is 0. The second-order valence-corrected chi connectivity index (χ2v) is 11.8. The summed E-state index contributed by atoms with van der Waals surface area (Å²) in [6.45, 7) is 4.73. The summed E-state index contributed by atoms with van der Waals surface area (Å²) in [5, 5.41) is 7.15. The average molecular weight is 530 g/mol. The Morgan fingerprint density at radius 3 is 2.50 bits per heavy atom. The zero-order valence-corrected chi connectivity index (χ0v) is 22.6. The second-order valence-electron chi connectivity index (χ2n) is 11.8. The third kappa shape index (κ3) is 6.39. The highest BCUT2D eigenvalue weighted by atomic mass is 16.5. The molecule has 5 rings (SSSR count). The Bertz CT molecular complexity index is 980. The van der Waals surface area contributed by atoms with Gasteiger partial charge in [-0.3, -0.25) is 14.4 Å². The lowest BCUT2D eigenvalue weighted by atomic mass is 9.82. The number of nitrogens with two attached hydrogens (primary N) is 1. The van der Waals surface area contributed by atoms with E-state index in [1.165, 1.54) is 0 Å². The Labute approximate surface area is 225 Å². The van der Waals surface area contributed by atoms with E-state index in [0.29, 0.717) is 56.7 Å². The summed E-state index contributed by atoms with van der Waals surface area (Å²) in [4.78, 5) is 44.0. The fourth-order valence-corrected chi connectivity index (χ4v) is 6.36. The molecule has 0 radical (unpaired) electrons. The Morgan fingerprint density at radius 2 is 1.87 bits per heavy atom. The highest BCUT2D eigenvalue weighted by Gasteiger charge is 2.44. The molecule has 3 atom stereocenters. The van der Waals surface area contributed by atoms with Gasteiger partial charge >= 0.3 is 0 Å². The van der Waals surface area contributed by atoms with Crippen LogP contribution in [0.2, 0.25) is 0 Å². The first kappa shape index (κ1) is 27.1. The maximum absolute atomic E-state index is 13.6. The minimum Gasteiger partial charge on any atom is -0.376 e. The Balaban J connectivity index is 1.29. The van der Waals surface area contributed by atoms with Gasteiger partial charge in [0.05, 0.1) is 6.10 Å². The molecule has 3 amide bonds. The lowest BCUT2D eigenvalue weighted by Crippen LogP contribution is -2.59. The molecule has 2 saturated heterocycles. The molecule has 4 aliphatic rings. The van der Waals surface area contributed by atoms with E-state index in [1.807, 2.05) is 4.90 Å². The van der Waals surface area contributed by atoms with Gasteiger partial charge in [0.1, 0.15) is 11.8 Å². The molecule has 3 N–H and O–H groups in total. The smallest absolute Gasteiger partial charge is 0.276 e. The molecule has 2 saturated carbocycles. The monoisotopic (exact) mass is 529 g/mol. The summed E-state index contributed by atoms with van der Waals surface area (Å²) < 4.78 is 11.1. The van der Waals surface area contributed by atoms with Gasteiger partial charge in [-0.1, -0.05) is 5.16 Å². The van der Waals surface area contributed by atoms with Gasteiger partial charge in [0, 0.05) is 44.3 Å². The van der Waals surface area contributed by atoms with Crippen LogP contribution in [0.25, 0.3) is 0 Å². The highest BCUT2D eigenvalue weighted by molar-refractivity contribution is 5.93. The first-order chi connectivity index (χ1) is 18.4. The Kier molecular flexibility index (Phi) is 8.67. The third-order valence-corrected chi connectivity index (χ3v) is 8.92. The Hall–Kier alpha value is -2.46. The molecule has 1 aromatic heterocycles. The molecule has 10 nitrogen and oxygen atoms in total. The van der Waals surface area contributed by atoms with Crippen molar-refractivity contribution in [3.63, 3.8) is 0 Å². The topological polar surface area (TPSA) is 131 Å². The number of hydrogen-bond donors (Lipinski definition) is 2. The molecular weight excluding hydrogens is 486 g/mol. The summed E-state index contributed by atoms with van der Waals surface area (Å²) in [5.74, 6) is 1.42. The zero-order chi connectivity index (χ0) is 26.6. The Morgan fingerprint density at radius 1 is 1.11 bits per heavy atom. The number of amides is 3. The summed E-state index contributed by atoms with van der Waals surface area (Å²) in [5.41, 5.74) is 6.11. The number of aryl methyl sites for hydroxylation is 1. The molecular formula is C28H43N5O5. The van der Waals surface area contributed by atoms with Crippen LogP contribution in [0.15, 0.2) is 10.6 Å². The normalized spacial score (nSPS) is 29.7. The van der Waals surface area contributed by atoms with E-state index >= 15 is 0 Å². The largest absolute Gasteiger partial charge is 0.376 e. The van der Waals surface area contributed by atoms with Crippen molar-refractivity contribution in [3.8, 4) is 0 Å². The molecule has 0 bridgehead atoms. The number of carbonyl (C=O) groups is 3. The fraction of sp³-hybridized carbons (Fsp3) is 0.786. The van der Waals surface area contributed by atoms with E-state index in [9.17, 15) is 14.4 Å². The first-order valence-corrected chi connectivity index (χ1v) is 14.6. The van der Waals surface area contributed by atoms with Crippen LogP contribution >= 0.6 is 0 Å². The van der Waals surface area contributed by atoms with Crippen LogP contribution in [0.3, 0.4) is 0 Å². The van der Waals surface area contributed by atoms with Crippen molar-refractivity contribution >= 4 is 17.7 Å². The van der Waals surface area contributed by atoms with Crippen molar-refractivity contribution < 1.29 is 23.6 Å². The van der Waals surface area contributed by atoms with Crippen LogP contribution in [0.5, 0.6) is 0 Å². The van der Waals surface area contributed by atoms with Crippen LogP contribution in [0, 0.1) is 24.7 Å². The first-order valence-electron chi connectivity index (χ1n) is 14.6. The number of hydrogen-bond acceptors (Lipinski definition) is 7. The van der Waals surface area contributed by atoms with Crippen molar-refractivity contribution in [1.82, 2.24) is 20.3 Å². The molecule has 10 heteroatoms. The number of likely N-dealkylation sites (tertiary alicyclic amines) is 1. The van der Waals surface area contributed by atoms with E-state index < -0.39 is 6.04 Å². The van der Waals surface area contributed by atoms with Crippen LogP contribution < -0.4 is 11.1 Å². The maximum atomic E-state index is 13.6. The number of carbonyl (C=O) groups excluding carboxylic acids is 3. The minimum absolute atomic E-state index is 0.0333. The van der Waals surface area contributed by atoms with Crippen molar-refractivity contribution in [3.05, 3.63) is 17.5 Å². The lowest BCUT2D eigenvalue weighted by Gasteiger charge is -2.43. The quantitative estimate of drug-likeness (QED) is 0.502. The van der Waals surface area contributed by atoms with E-state index in [2.05, 4.69) is 10.5 Å². The van der Waals surface area contributed by atoms with Crippen molar-refractivity contribution in [1.29, 1.82) is 0 Å². The van der Waals surface area contributed by atoms with Crippen LogP contribution in [-0.2, 0) is 14.3 Å². The van der Waals surface area contributed by atoms with Crippen molar-refractivity contribution in [2.45, 2.75) is 89.3 Å². The standard InChI is InChI=1S/C28H43N5O5/c1-18-13-24(31-38-18)28(36)33(17-23-3-2-12-37-23)22-10-11-32(27(35)21-8-9-21)25(14-22)26(34)30-16-20-6-4-19(15-29)5-7-20/h13,19-23,25H,2-12,14-17,29H2,1H3,(H,30,34)/t19?,20?,22?,23?,25-/m1/s1. The van der Waals surface area contributed by atoms with Crippen LogP contribution in [0.4, 0.5) is 0 Å². The van der Waals surface area contributed by atoms with E-state index in [4.69, 9.17) is 15.0 Å². The molecule has 4 fully saturated rings. The summed E-state index contributed by atoms with van der Waals surface area (Å²) in [6, 6.07) is 0.879.